The number of carbonyl (C=O) groups is 2. The predicted octanol–water partition coefficient (Wildman–Crippen LogP) is 5.69. The van der Waals surface area contributed by atoms with Crippen LogP contribution in [0.25, 0.3) is 11.1 Å². The quantitative estimate of drug-likeness (QED) is 0.404. The molecule has 3 aromatic carbocycles. The molecule has 0 fully saturated rings. The van der Waals surface area contributed by atoms with Crippen LogP contribution in [0.5, 0.6) is 11.5 Å². The number of hydrogen-bond acceptors (Lipinski definition) is 5. The van der Waals surface area contributed by atoms with Crippen LogP contribution in [-0.4, -0.2) is 25.0 Å². The monoisotopic (exact) mass is 456 g/mol. The molecule has 2 amide bonds. The molecule has 2 N–H and O–H groups in total. The third-order valence-corrected chi connectivity index (χ3v) is 6.06. The molecule has 2 heterocycles. The van der Waals surface area contributed by atoms with Gasteiger partial charge in [0.2, 0.25) is 0 Å². The Balaban J connectivity index is 1.48. The molecule has 7 heteroatoms. The number of rotatable bonds is 5. The predicted molar refractivity (Wildman–Crippen MR) is 130 cm³/mol. The third kappa shape index (κ3) is 4.44. The van der Waals surface area contributed by atoms with Crippen LogP contribution in [0.15, 0.2) is 84.2 Å². The van der Waals surface area contributed by atoms with Gasteiger partial charge in [-0.2, -0.15) is 0 Å². The number of benzene rings is 3. The van der Waals surface area contributed by atoms with E-state index in [1.807, 2.05) is 41.8 Å². The third-order valence-electron chi connectivity index (χ3n) is 5.17. The van der Waals surface area contributed by atoms with Crippen LogP contribution in [0, 0.1) is 0 Å². The summed E-state index contributed by atoms with van der Waals surface area (Å²) in [4.78, 5) is 26.2. The lowest BCUT2D eigenvalue weighted by Gasteiger charge is -2.19. The van der Waals surface area contributed by atoms with Crippen molar-refractivity contribution in [2.45, 2.75) is 0 Å². The molecule has 0 atom stereocenters. The van der Waals surface area contributed by atoms with Crippen LogP contribution >= 0.6 is 11.3 Å². The number of ether oxygens (including phenoxy) is 2. The Morgan fingerprint density at radius 1 is 0.758 bits per heavy atom. The molecule has 0 saturated heterocycles. The highest BCUT2D eigenvalue weighted by atomic mass is 32.1. The van der Waals surface area contributed by atoms with Crippen LogP contribution in [0.2, 0.25) is 0 Å². The second kappa shape index (κ2) is 9.18. The van der Waals surface area contributed by atoms with Crippen molar-refractivity contribution in [3.8, 4) is 22.6 Å². The van der Waals surface area contributed by atoms with Crippen LogP contribution in [0.1, 0.15) is 20.7 Å². The van der Waals surface area contributed by atoms with E-state index in [1.54, 1.807) is 42.5 Å². The Morgan fingerprint density at radius 3 is 2.21 bits per heavy atom. The molecule has 0 bridgehead atoms. The first-order chi connectivity index (χ1) is 16.2. The number of fused-ring (bicyclic) bond motifs is 1. The molecule has 1 aliphatic rings. The topological polar surface area (TPSA) is 76.7 Å². The Kier molecular flexibility index (Phi) is 5.78. The van der Waals surface area contributed by atoms with E-state index in [-0.39, 0.29) is 11.8 Å². The molecule has 1 aromatic heterocycles. The fraction of sp³-hybridized carbons (Fsp3) is 0.0769. The zero-order valence-corrected chi connectivity index (χ0v) is 18.4. The Morgan fingerprint density at radius 2 is 1.45 bits per heavy atom. The standard InChI is InChI=1S/C26H20N2O4S/c29-24(18-9-5-2-6-10-18)28-26-23(20(16-33-26)17-7-3-1-4-8-17)25(30)27-19-11-12-21-22(15-19)32-14-13-31-21/h1-12,15-16H,13-14H2,(H,27,30)(H,28,29). The minimum atomic E-state index is -0.324. The van der Waals surface area contributed by atoms with Crippen LogP contribution in [0.4, 0.5) is 10.7 Å². The summed E-state index contributed by atoms with van der Waals surface area (Å²) in [5.74, 6) is 0.640. The van der Waals surface area contributed by atoms with Crippen molar-refractivity contribution < 1.29 is 19.1 Å². The van der Waals surface area contributed by atoms with Gasteiger partial charge in [-0.1, -0.05) is 48.5 Å². The first kappa shape index (κ1) is 20.8. The summed E-state index contributed by atoms with van der Waals surface area (Å²) in [6.45, 7) is 0.960. The van der Waals surface area contributed by atoms with Gasteiger partial charge in [0.1, 0.15) is 18.2 Å². The Labute approximate surface area is 194 Å². The van der Waals surface area contributed by atoms with Crippen molar-refractivity contribution in [2.24, 2.45) is 0 Å². The Bertz CT molecular complexity index is 1300. The molecule has 1 aliphatic heterocycles. The summed E-state index contributed by atoms with van der Waals surface area (Å²) in [5.41, 5.74) is 3.14. The van der Waals surface area contributed by atoms with Crippen molar-refractivity contribution in [1.82, 2.24) is 0 Å². The average Bonchev–Trinajstić information content (AvgIpc) is 3.28. The minimum absolute atomic E-state index is 0.273. The van der Waals surface area contributed by atoms with E-state index in [0.717, 1.165) is 11.1 Å². The molecule has 0 unspecified atom stereocenters. The fourth-order valence-corrected chi connectivity index (χ4v) is 4.55. The summed E-state index contributed by atoms with van der Waals surface area (Å²) >= 11 is 1.32. The maximum atomic E-state index is 13.4. The van der Waals surface area contributed by atoms with E-state index in [0.29, 0.717) is 46.5 Å². The molecule has 5 rings (SSSR count). The van der Waals surface area contributed by atoms with Gasteiger partial charge in [-0.05, 0) is 29.8 Å². The average molecular weight is 457 g/mol. The SMILES string of the molecule is O=C(Nc1scc(-c2ccccc2)c1C(=O)Nc1ccc2c(c1)OCCO2)c1ccccc1. The van der Waals surface area contributed by atoms with Gasteiger partial charge in [0.05, 0.1) is 5.56 Å². The fourth-order valence-electron chi connectivity index (χ4n) is 3.59. The maximum absolute atomic E-state index is 13.4. The molecule has 0 aliphatic carbocycles. The smallest absolute Gasteiger partial charge is 0.259 e. The van der Waals surface area contributed by atoms with Crippen molar-refractivity contribution >= 4 is 33.8 Å². The van der Waals surface area contributed by atoms with Crippen molar-refractivity contribution in [1.29, 1.82) is 0 Å². The normalized spacial score (nSPS) is 12.1. The minimum Gasteiger partial charge on any atom is -0.486 e. The lowest BCUT2D eigenvalue weighted by atomic mass is 10.0. The lowest BCUT2D eigenvalue weighted by molar-refractivity contribution is 0.102. The van der Waals surface area contributed by atoms with Gasteiger partial charge in [-0.3, -0.25) is 9.59 Å². The first-order valence-corrected chi connectivity index (χ1v) is 11.3. The van der Waals surface area contributed by atoms with Crippen molar-refractivity contribution in [2.75, 3.05) is 23.8 Å². The number of nitrogens with one attached hydrogen (secondary N) is 2. The van der Waals surface area contributed by atoms with E-state index in [2.05, 4.69) is 10.6 Å². The van der Waals surface area contributed by atoms with Gasteiger partial charge < -0.3 is 20.1 Å². The van der Waals surface area contributed by atoms with E-state index < -0.39 is 0 Å². The van der Waals surface area contributed by atoms with Crippen molar-refractivity contribution in [3.05, 3.63) is 95.4 Å². The van der Waals surface area contributed by atoms with Crippen molar-refractivity contribution in [3.63, 3.8) is 0 Å². The Hall–Kier alpha value is -4.10. The van der Waals surface area contributed by atoms with E-state index >= 15 is 0 Å². The van der Waals surface area contributed by atoms with E-state index in [1.165, 1.54) is 11.3 Å². The molecule has 0 saturated carbocycles. The highest BCUT2D eigenvalue weighted by molar-refractivity contribution is 7.15. The van der Waals surface area contributed by atoms with Crippen LogP contribution in [-0.2, 0) is 0 Å². The second-order valence-electron chi connectivity index (χ2n) is 7.35. The highest BCUT2D eigenvalue weighted by Crippen LogP contribution is 2.37. The molecule has 4 aromatic rings. The molecular weight excluding hydrogens is 436 g/mol. The lowest BCUT2D eigenvalue weighted by Crippen LogP contribution is -2.18. The van der Waals surface area contributed by atoms with Gasteiger partial charge in [-0.25, -0.2) is 0 Å². The largest absolute Gasteiger partial charge is 0.486 e. The van der Waals surface area contributed by atoms with Gasteiger partial charge in [0, 0.05) is 28.3 Å². The first-order valence-electron chi connectivity index (χ1n) is 10.4. The number of hydrogen-bond donors (Lipinski definition) is 2. The summed E-state index contributed by atoms with van der Waals surface area (Å²) < 4.78 is 11.2. The number of amides is 2. The molecule has 0 spiro atoms. The zero-order chi connectivity index (χ0) is 22.6. The highest BCUT2D eigenvalue weighted by Gasteiger charge is 2.23. The molecule has 0 radical (unpaired) electrons. The van der Waals surface area contributed by atoms with E-state index in [4.69, 9.17) is 9.47 Å². The zero-order valence-electron chi connectivity index (χ0n) is 17.5. The van der Waals surface area contributed by atoms with Crippen LogP contribution in [0.3, 0.4) is 0 Å². The summed E-state index contributed by atoms with van der Waals surface area (Å²) in [6.07, 6.45) is 0. The second-order valence-corrected chi connectivity index (χ2v) is 8.23. The molecule has 6 nitrogen and oxygen atoms in total. The number of anilines is 2. The number of thiophene rings is 1. The van der Waals surface area contributed by atoms with Gasteiger partial charge in [0.25, 0.3) is 11.8 Å². The molecule has 33 heavy (non-hydrogen) atoms. The van der Waals surface area contributed by atoms with Gasteiger partial charge >= 0.3 is 0 Å². The summed E-state index contributed by atoms with van der Waals surface area (Å²) in [7, 11) is 0. The molecule has 164 valence electrons. The van der Waals surface area contributed by atoms with Crippen LogP contribution < -0.4 is 20.1 Å². The van der Waals surface area contributed by atoms with E-state index in [9.17, 15) is 9.59 Å². The maximum Gasteiger partial charge on any atom is 0.259 e. The van der Waals surface area contributed by atoms with Gasteiger partial charge in [-0.15, -0.1) is 11.3 Å². The summed E-state index contributed by atoms with van der Waals surface area (Å²) in [5, 5.41) is 8.21. The number of carbonyl (C=O) groups excluding carboxylic acids is 2. The molecular formula is C26H20N2O4S. The van der Waals surface area contributed by atoms with Gasteiger partial charge in [0.15, 0.2) is 11.5 Å². The summed E-state index contributed by atoms with van der Waals surface area (Å²) in [6, 6.07) is 23.8.